The zero-order valence-electron chi connectivity index (χ0n) is 16.1. The predicted octanol–water partition coefficient (Wildman–Crippen LogP) is 3.91. The minimum Gasteiger partial charge on any atom is -0.372 e. The van der Waals surface area contributed by atoms with Gasteiger partial charge in [-0.25, -0.2) is 0 Å². The van der Waals surface area contributed by atoms with Crippen molar-refractivity contribution in [2.45, 2.75) is 44.6 Å². The van der Waals surface area contributed by atoms with Crippen molar-refractivity contribution in [2.24, 2.45) is 0 Å². The molecule has 0 bridgehead atoms. The van der Waals surface area contributed by atoms with Crippen LogP contribution in [-0.2, 0) is 16.0 Å². The number of amides is 2. The molecule has 1 aromatic heterocycles. The fourth-order valence-corrected chi connectivity index (χ4v) is 4.83. The molecule has 0 radical (unpaired) electrons. The van der Waals surface area contributed by atoms with Crippen molar-refractivity contribution in [1.29, 1.82) is 0 Å². The molecule has 0 saturated carbocycles. The summed E-state index contributed by atoms with van der Waals surface area (Å²) in [5, 5.41) is 4.99. The molecule has 1 unspecified atom stereocenters. The number of rotatable bonds is 5. The SMILES string of the molecule is O=C(Nc1ccc(N2CCCCC2)cc1)C1CCCN1C(=O)Cc1cccs1. The molecule has 2 amide bonds. The summed E-state index contributed by atoms with van der Waals surface area (Å²) in [4.78, 5) is 30.6. The molecule has 2 fully saturated rings. The van der Waals surface area contributed by atoms with Gasteiger partial charge in [0.1, 0.15) is 6.04 Å². The number of carbonyl (C=O) groups excluding carboxylic acids is 2. The van der Waals surface area contributed by atoms with Crippen molar-refractivity contribution in [1.82, 2.24) is 4.90 Å². The van der Waals surface area contributed by atoms with Gasteiger partial charge in [-0.1, -0.05) is 6.07 Å². The quantitative estimate of drug-likeness (QED) is 0.832. The van der Waals surface area contributed by atoms with Gasteiger partial charge in [0.25, 0.3) is 0 Å². The fourth-order valence-electron chi connectivity index (χ4n) is 4.13. The third kappa shape index (κ3) is 4.38. The maximum atomic E-state index is 12.8. The van der Waals surface area contributed by atoms with Crippen LogP contribution in [0.5, 0.6) is 0 Å². The Morgan fingerprint density at radius 3 is 2.50 bits per heavy atom. The first kappa shape index (κ1) is 19.0. The highest BCUT2D eigenvalue weighted by Crippen LogP contribution is 2.24. The number of thiophene rings is 1. The van der Waals surface area contributed by atoms with Crippen molar-refractivity contribution in [3.63, 3.8) is 0 Å². The van der Waals surface area contributed by atoms with Crippen LogP contribution in [0.1, 0.15) is 37.0 Å². The number of piperidine rings is 1. The van der Waals surface area contributed by atoms with Gasteiger partial charge in [0.05, 0.1) is 6.42 Å². The van der Waals surface area contributed by atoms with Crippen LogP contribution in [0.2, 0.25) is 0 Å². The number of hydrogen-bond donors (Lipinski definition) is 1. The minimum absolute atomic E-state index is 0.0422. The lowest BCUT2D eigenvalue weighted by molar-refractivity contribution is -0.136. The van der Waals surface area contributed by atoms with E-state index in [1.807, 2.05) is 29.6 Å². The van der Waals surface area contributed by atoms with Crippen LogP contribution in [0.3, 0.4) is 0 Å². The molecular formula is C22H27N3O2S. The zero-order chi connectivity index (χ0) is 19.3. The molecule has 5 nitrogen and oxygen atoms in total. The summed E-state index contributed by atoms with van der Waals surface area (Å²) in [6.45, 7) is 2.88. The van der Waals surface area contributed by atoms with E-state index in [1.165, 1.54) is 24.9 Å². The molecule has 2 aromatic rings. The van der Waals surface area contributed by atoms with E-state index in [-0.39, 0.29) is 17.9 Å². The number of nitrogens with zero attached hydrogens (tertiary/aromatic N) is 2. The first-order valence-electron chi connectivity index (χ1n) is 10.2. The monoisotopic (exact) mass is 397 g/mol. The molecule has 1 N–H and O–H groups in total. The number of anilines is 2. The van der Waals surface area contributed by atoms with Crippen molar-refractivity contribution in [2.75, 3.05) is 29.9 Å². The summed E-state index contributed by atoms with van der Waals surface area (Å²) >= 11 is 1.58. The highest BCUT2D eigenvalue weighted by Gasteiger charge is 2.34. The largest absolute Gasteiger partial charge is 0.372 e. The van der Waals surface area contributed by atoms with E-state index in [1.54, 1.807) is 16.2 Å². The van der Waals surface area contributed by atoms with Crippen LogP contribution >= 0.6 is 11.3 Å². The summed E-state index contributed by atoms with van der Waals surface area (Å²) in [5.41, 5.74) is 2.01. The van der Waals surface area contributed by atoms with Gasteiger partial charge in [-0.3, -0.25) is 9.59 Å². The second-order valence-corrected chi connectivity index (χ2v) is 8.62. The maximum Gasteiger partial charge on any atom is 0.247 e. The van der Waals surface area contributed by atoms with Gasteiger partial charge in [0.15, 0.2) is 0 Å². The summed E-state index contributed by atoms with van der Waals surface area (Å²) < 4.78 is 0. The van der Waals surface area contributed by atoms with Gasteiger partial charge >= 0.3 is 0 Å². The molecule has 148 valence electrons. The molecule has 1 aromatic carbocycles. The summed E-state index contributed by atoms with van der Waals surface area (Å²) in [5.74, 6) is -0.0386. The lowest BCUT2D eigenvalue weighted by Gasteiger charge is -2.29. The average molecular weight is 398 g/mol. The Bertz CT molecular complexity index is 798. The van der Waals surface area contributed by atoms with Gasteiger partial charge < -0.3 is 15.1 Å². The summed E-state index contributed by atoms with van der Waals surface area (Å²) in [6.07, 6.45) is 5.79. The fraction of sp³-hybridized carbons (Fsp3) is 0.455. The molecule has 3 heterocycles. The molecule has 4 rings (SSSR count). The number of hydrogen-bond acceptors (Lipinski definition) is 4. The van der Waals surface area contributed by atoms with Crippen LogP contribution < -0.4 is 10.2 Å². The standard InChI is InChI=1S/C22H27N3O2S/c26-21(16-19-6-5-15-28-19)25-14-4-7-20(25)22(27)23-17-8-10-18(11-9-17)24-12-2-1-3-13-24/h5-6,8-11,15,20H,1-4,7,12-14,16H2,(H,23,27). The van der Waals surface area contributed by atoms with Crippen LogP contribution in [-0.4, -0.2) is 42.4 Å². The van der Waals surface area contributed by atoms with E-state index in [0.29, 0.717) is 13.0 Å². The molecule has 6 heteroatoms. The lowest BCUT2D eigenvalue weighted by Crippen LogP contribution is -2.43. The average Bonchev–Trinajstić information content (AvgIpc) is 3.41. The molecule has 28 heavy (non-hydrogen) atoms. The van der Waals surface area contributed by atoms with Crippen molar-refractivity contribution in [3.05, 3.63) is 46.7 Å². The van der Waals surface area contributed by atoms with Crippen LogP contribution in [0.25, 0.3) is 0 Å². The Labute approximate surface area is 170 Å². The Morgan fingerprint density at radius 2 is 1.79 bits per heavy atom. The van der Waals surface area contributed by atoms with E-state index < -0.39 is 0 Å². The van der Waals surface area contributed by atoms with Gasteiger partial charge in [-0.15, -0.1) is 11.3 Å². The van der Waals surface area contributed by atoms with Gasteiger partial charge in [-0.2, -0.15) is 0 Å². The molecule has 2 saturated heterocycles. The smallest absolute Gasteiger partial charge is 0.247 e. The van der Waals surface area contributed by atoms with Crippen LogP contribution in [0, 0.1) is 0 Å². The molecular weight excluding hydrogens is 370 g/mol. The van der Waals surface area contributed by atoms with E-state index in [0.717, 1.165) is 36.5 Å². The number of benzene rings is 1. The van der Waals surface area contributed by atoms with Gasteiger partial charge in [0, 0.05) is 35.9 Å². The Kier molecular flexibility index (Phi) is 5.95. The maximum absolute atomic E-state index is 12.8. The summed E-state index contributed by atoms with van der Waals surface area (Å²) in [6, 6.07) is 11.6. The first-order valence-corrected chi connectivity index (χ1v) is 11.1. The van der Waals surface area contributed by atoms with E-state index >= 15 is 0 Å². The van der Waals surface area contributed by atoms with E-state index in [2.05, 4.69) is 22.3 Å². The molecule has 0 aliphatic carbocycles. The third-order valence-corrected chi connectivity index (χ3v) is 6.51. The minimum atomic E-state index is -0.366. The molecule has 2 aliphatic rings. The molecule has 1 atom stereocenters. The van der Waals surface area contributed by atoms with Crippen LogP contribution in [0.4, 0.5) is 11.4 Å². The second kappa shape index (κ2) is 8.78. The Morgan fingerprint density at radius 1 is 1.00 bits per heavy atom. The predicted molar refractivity (Wildman–Crippen MR) is 114 cm³/mol. The lowest BCUT2D eigenvalue weighted by atomic mass is 10.1. The zero-order valence-corrected chi connectivity index (χ0v) is 16.9. The Hall–Kier alpha value is -2.34. The number of likely N-dealkylation sites (tertiary alicyclic amines) is 1. The number of nitrogens with one attached hydrogen (secondary N) is 1. The second-order valence-electron chi connectivity index (χ2n) is 7.59. The highest BCUT2D eigenvalue weighted by atomic mass is 32.1. The summed E-state index contributed by atoms with van der Waals surface area (Å²) in [7, 11) is 0. The Balaban J connectivity index is 1.36. The first-order chi connectivity index (χ1) is 13.7. The van der Waals surface area contributed by atoms with Crippen molar-refractivity contribution < 1.29 is 9.59 Å². The molecule has 0 spiro atoms. The van der Waals surface area contributed by atoms with Crippen molar-refractivity contribution in [3.8, 4) is 0 Å². The highest BCUT2D eigenvalue weighted by molar-refractivity contribution is 7.10. The van der Waals surface area contributed by atoms with Crippen molar-refractivity contribution >= 4 is 34.5 Å². The third-order valence-electron chi connectivity index (χ3n) is 5.64. The van der Waals surface area contributed by atoms with Gasteiger partial charge in [-0.05, 0) is 67.8 Å². The van der Waals surface area contributed by atoms with E-state index in [4.69, 9.17) is 0 Å². The normalized spacial score (nSPS) is 19.6. The van der Waals surface area contributed by atoms with Gasteiger partial charge in [0.2, 0.25) is 11.8 Å². The number of carbonyl (C=O) groups is 2. The van der Waals surface area contributed by atoms with E-state index in [9.17, 15) is 9.59 Å². The van der Waals surface area contributed by atoms with Crippen LogP contribution in [0.15, 0.2) is 41.8 Å². The topological polar surface area (TPSA) is 52.7 Å². The molecule has 2 aliphatic heterocycles.